The van der Waals surface area contributed by atoms with Gasteiger partial charge in [0.1, 0.15) is 0 Å². The lowest BCUT2D eigenvalue weighted by atomic mass is 10.1. The van der Waals surface area contributed by atoms with Crippen molar-refractivity contribution in [2.75, 3.05) is 0 Å². The Morgan fingerprint density at radius 3 is 2.00 bits per heavy atom. The van der Waals surface area contributed by atoms with E-state index in [2.05, 4.69) is 55.0 Å². The Morgan fingerprint density at radius 2 is 1.50 bits per heavy atom. The van der Waals surface area contributed by atoms with Crippen molar-refractivity contribution in [3.05, 3.63) is 47.8 Å². The van der Waals surface area contributed by atoms with Crippen LogP contribution < -0.4 is 0 Å². The number of rotatable bonds is 2. The first kappa shape index (κ1) is 10.8. The second kappa shape index (κ2) is 4.44. The third-order valence-electron chi connectivity index (χ3n) is 2.65. The summed E-state index contributed by atoms with van der Waals surface area (Å²) in [6.07, 6.45) is 3.82. The molecule has 82 valence electrons. The first-order chi connectivity index (χ1) is 7.66. The summed E-state index contributed by atoms with van der Waals surface area (Å²) >= 11 is 0. The maximum Gasteiger partial charge on any atom is 0.159 e. The van der Waals surface area contributed by atoms with E-state index in [9.17, 15) is 0 Å². The lowest BCUT2D eigenvalue weighted by Gasteiger charge is -2.05. The maximum absolute atomic E-state index is 4.39. The highest BCUT2D eigenvalue weighted by Crippen LogP contribution is 2.17. The molecule has 0 fully saturated rings. The van der Waals surface area contributed by atoms with Gasteiger partial charge in [-0.25, -0.2) is 9.97 Å². The van der Waals surface area contributed by atoms with Crippen molar-refractivity contribution in [1.82, 2.24) is 9.97 Å². The Morgan fingerprint density at radius 1 is 0.938 bits per heavy atom. The minimum absolute atomic E-state index is 0.479. The van der Waals surface area contributed by atoms with Crippen molar-refractivity contribution in [3.63, 3.8) is 0 Å². The molecule has 0 N–H and O–H groups in total. The molecule has 1 heterocycles. The lowest BCUT2D eigenvalue weighted by molar-refractivity contribution is 0.847. The van der Waals surface area contributed by atoms with E-state index in [1.165, 1.54) is 11.1 Å². The van der Waals surface area contributed by atoms with Crippen molar-refractivity contribution in [2.45, 2.75) is 26.7 Å². The average Bonchev–Trinajstić information content (AvgIpc) is 2.30. The Kier molecular flexibility index (Phi) is 3.00. The van der Waals surface area contributed by atoms with Gasteiger partial charge in [0, 0.05) is 18.0 Å². The fourth-order valence-corrected chi connectivity index (χ4v) is 1.49. The Bertz CT molecular complexity index is 455. The summed E-state index contributed by atoms with van der Waals surface area (Å²) in [5.41, 5.74) is 3.50. The van der Waals surface area contributed by atoms with E-state index in [1.54, 1.807) is 0 Å². The molecule has 2 heteroatoms. The lowest BCUT2D eigenvalue weighted by Crippen LogP contribution is -1.94. The van der Waals surface area contributed by atoms with Gasteiger partial charge in [0.15, 0.2) is 5.82 Å². The van der Waals surface area contributed by atoms with Crippen LogP contribution in [-0.2, 0) is 0 Å². The van der Waals surface area contributed by atoms with E-state index in [-0.39, 0.29) is 0 Å². The zero-order valence-corrected chi connectivity index (χ0v) is 9.94. The van der Waals surface area contributed by atoms with E-state index < -0.39 is 0 Å². The second-order valence-electron chi connectivity index (χ2n) is 4.36. The zero-order valence-electron chi connectivity index (χ0n) is 9.94. The highest BCUT2D eigenvalue weighted by Gasteiger charge is 2.03. The van der Waals surface area contributed by atoms with Crippen LogP contribution in [0.25, 0.3) is 11.4 Å². The summed E-state index contributed by atoms with van der Waals surface area (Å²) in [5.74, 6) is 1.27. The molecule has 2 nitrogen and oxygen atoms in total. The topological polar surface area (TPSA) is 25.8 Å². The van der Waals surface area contributed by atoms with Gasteiger partial charge >= 0.3 is 0 Å². The zero-order chi connectivity index (χ0) is 11.5. The van der Waals surface area contributed by atoms with Crippen LogP contribution in [0.1, 0.15) is 30.9 Å². The van der Waals surface area contributed by atoms with Gasteiger partial charge in [-0.2, -0.15) is 0 Å². The van der Waals surface area contributed by atoms with E-state index in [4.69, 9.17) is 0 Å². The summed E-state index contributed by atoms with van der Waals surface area (Å²) in [5, 5.41) is 0. The van der Waals surface area contributed by atoms with Crippen molar-refractivity contribution < 1.29 is 0 Å². The molecule has 16 heavy (non-hydrogen) atoms. The summed E-state index contributed by atoms with van der Waals surface area (Å²) in [7, 11) is 0. The van der Waals surface area contributed by atoms with Crippen molar-refractivity contribution in [3.8, 4) is 11.4 Å². The molecule has 0 spiro atoms. The van der Waals surface area contributed by atoms with E-state index in [0.29, 0.717) is 5.92 Å². The van der Waals surface area contributed by atoms with Crippen molar-refractivity contribution in [2.24, 2.45) is 0 Å². The van der Waals surface area contributed by atoms with Crippen LogP contribution >= 0.6 is 0 Å². The predicted octanol–water partition coefficient (Wildman–Crippen LogP) is 3.58. The van der Waals surface area contributed by atoms with Crippen LogP contribution in [0.15, 0.2) is 36.7 Å². The van der Waals surface area contributed by atoms with E-state index in [0.717, 1.165) is 11.4 Å². The summed E-state index contributed by atoms with van der Waals surface area (Å²) in [6.45, 7) is 6.36. The van der Waals surface area contributed by atoms with Crippen LogP contribution in [-0.4, -0.2) is 9.97 Å². The number of aromatic nitrogens is 2. The highest BCUT2D eigenvalue weighted by atomic mass is 14.9. The van der Waals surface area contributed by atoms with Gasteiger partial charge in [0.05, 0.1) is 0 Å². The normalized spacial score (nSPS) is 10.8. The number of benzene rings is 1. The van der Waals surface area contributed by atoms with Gasteiger partial charge in [-0.3, -0.25) is 0 Å². The third-order valence-corrected chi connectivity index (χ3v) is 2.65. The number of hydrogen-bond donors (Lipinski definition) is 0. The molecular formula is C14H16N2. The monoisotopic (exact) mass is 212 g/mol. The third kappa shape index (κ3) is 2.27. The average molecular weight is 212 g/mol. The van der Waals surface area contributed by atoms with Crippen LogP contribution in [0.2, 0.25) is 0 Å². The molecule has 0 radical (unpaired) electrons. The molecule has 0 atom stereocenters. The molecule has 2 rings (SSSR count). The second-order valence-corrected chi connectivity index (χ2v) is 4.36. The van der Waals surface area contributed by atoms with Crippen LogP contribution in [0.4, 0.5) is 0 Å². The number of aryl methyl sites for hydroxylation is 1. The minimum atomic E-state index is 0.479. The number of nitrogens with zero attached hydrogens (tertiary/aromatic N) is 2. The fraction of sp³-hybridized carbons (Fsp3) is 0.286. The molecule has 0 aliphatic carbocycles. The maximum atomic E-state index is 4.39. The van der Waals surface area contributed by atoms with Gasteiger partial charge in [-0.15, -0.1) is 0 Å². The molecule has 0 aliphatic heterocycles. The van der Waals surface area contributed by atoms with Crippen molar-refractivity contribution >= 4 is 0 Å². The summed E-state index contributed by atoms with van der Waals surface area (Å²) in [4.78, 5) is 8.78. The van der Waals surface area contributed by atoms with Crippen LogP contribution in [0.3, 0.4) is 0 Å². The number of hydrogen-bond acceptors (Lipinski definition) is 2. The smallest absolute Gasteiger partial charge is 0.159 e. The van der Waals surface area contributed by atoms with E-state index in [1.807, 2.05) is 12.4 Å². The summed E-state index contributed by atoms with van der Waals surface area (Å²) in [6, 6.07) is 8.27. The van der Waals surface area contributed by atoms with Crippen LogP contribution in [0, 0.1) is 6.92 Å². The Hall–Kier alpha value is -1.70. The molecule has 1 aromatic carbocycles. The largest absolute Gasteiger partial charge is 0.236 e. The van der Waals surface area contributed by atoms with E-state index >= 15 is 0 Å². The molecule has 0 saturated carbocycles. The highest BCUT2D eigenvalue weighted by molar-refractivity contribution is 5.54. The van der Waals surface area contributed by atoms with Gasteiger partial charge in [0.25, 0.3) is 0 Å². The molecule has 0 unspecified atom stereocenters. The first-order valence-corrected chi connectivity index (χ1v) is 5.56. The van der Waals surface area contributed by atoms with Gasteiger partial charge in [-0.1, -0.05) is 43.7 Å². The molecule has 0 aliphatic rings. The standard InChI is InChI=1S/C14H16N2/c1-10(2)13-8-15-14(16-9-13)12-6-4-11(3)5-7-12/h4-10H,1-3H3. The van der Waals surface area contributed by atoms with Crippen molar-refractivity contribution in [1.29, 1.82) is 0 Å². The first-order valence-electron chi connectivity index (χ1n) is 5.56. The minimum Gasteiger partial charge on any atom is -0.236 e. The quantitative estimate of drug-likeness (QED) is 0.760. The Labute approximate surface area is 96.4 Å². The molecule has 1 aromatic heterocycles. The van der Waals surface area contributed by atoms with Gasteiger partial charge in [0.2, 0.25) is 0 Å². The van der Waals surface area contributed by atoms with Gasteiger partial charge < -0.3 is 0 Å². The molecule has 0 saturated heterocycles. The molecular weight excluding hydrogens is 196 g/mol. The van der Waals surface area contributed by atoms with Crippen LogP contribution in [0.5, 0.6) is 0 Å². The SMILES string of the molecule is Cc1ccc(-c2ncc(C(C)C)cn2)cc1. The molecule has 2 aromatic rings. The predicted molar refractivity (Wildman–Crippen MR) is 66.3 cm³/mol. The molecule has 0 amide bonds. The Balaban J connectivity index is 2.31. The van der Waals surface area contributed by atoms with Gasteiger partial charge in [-0.05, 0) is 18.4 Å². The fourth-order valence-electron chi connectivity index (χ4n) is 1.49. The molecule has 0 bridgehead atoms. The summed E-state index contributed by atoms with van der Waals surface area (Å²) < 4.78 is 0.